The van der Waals surface area contributed by atoms with Gasteiger partial charge >= 0.3 is 0 Å². The molecule has 0 heterocycles. The number of nitrogens with zero attached hydrogens (tertiary/aromatic N) is 1. The Morgan fingerprint density at radius 2 is 1.65 bits per heavy atom. The summed E-state index contributed by atoms with van der Waals surface area (Å²) in [7, 11) is -2.11. The molecule has 5 nitrogen and oxygen atoms in total. The van der Waals surface area contributed by atoms with Gasteiger partial charge in [0.05, 0.1) is 12.3 Å². The first-order chi connectivity index (χ1) is 12.3. The molecule has 2 rings (SSSR count). The molecule has 0 saturated heterocycles. The van der Waals surface area contributed by atoms with Crippen LogP contribution in [0.5, 0.6) is 0 Å². The van der Waals surface area contributed by atoms with Crippen molar-refractivity contribution >= 4 is 15.9 Å². The SMILES string of the molecule is CC[C@@H](NC(=O)[C@H](c1ccccc1)N(C)S(C)(=O)=O)c1ccccc1C. The predicted molar refractivity (Wildman–Crippen MR) is 104 cm³/mol. The molecule has 1 amide bonds. The van der Waals surface area contributed by atoms with E-state index in [0.29, 0.717) is 12.0 Å². The Bertz CT molecular complexity index is 850. The van der Waals surface area contributed by atoms with Crippen LogP contribution in [0.3, 0.4) is 0 Å². The third-order valence-corrected chi connectivity index (χ3v) is 5.80. The molecule has 0 saturated carbocycles. The molecule has 1 N–H and O–H groups in total. The first-order valence-electron chi connectivity index (χ1n) is 8.59. The summed E-state index contributed by atoms with van der Waals surface area (Å²) in [6.07, 6.45) is 1.82. The molecular weight excluding hydrogens is 348 g/mol. The number of likely N-dealkylation sites (N-methyl/N-ethyl adjacent to an activating group) is 1. The highest BCUT2D eigenvalue weighted by Crippen LogP contribution is 2.25. The van der Waals surface area contributed by atoms with Gasteiger partial charge in [0.25, 0.3) is 0 Å². The molecule has 0 aliphatic carbocycles. The van der Waals surface area contributed by atoms with Crippen LogP contribution in [0.25, 0.3) is 0 Å². The predicted octanol–water partition coefficient (Wildman–Crippen LogP) is 3.20. The van der Waals surface area contributed by atoms with Gasteiger partial charge in [0, 0.05) is 7.05 Å². The minimum Gasteiger partial charge on any atom is -0.348 e. The number of benzene rings is 2. The molecule has 6 heteroatoms. The van der Waals surface area contributed by atoms with Gasteiger partial charge in [0.1, 0.15) is 6.04 Å². The lowest BCUT2D eigenvalue weighted by Crippen LogP contribution is -2.42. The van der Waals surface area contributed by atoms with Gasteiger partial charge in [-0.2, -0.15) is 4.31 Å². The van der Waals surface area contributed by atoms with Crippen molar-refractivity contribution in [2.45, 2.75) is 32.4 Å². The van der Waals surface area contributed by atoms with E-state index < -0.39 is 16.1 Å². The zero-order valence-corrected chi connectivity index (χ0v) is 16.5. The Morgan fingerprint density at radius 1 is 1.08 bits per heavy atom. The van der Waals surface area contributed by atoms with E-state index in [1.165, 1.54) is 7.05 Å². The van der Waals surface area contributed by atoms with Gasteiger partial charge in [-0.3, -0.25) is 4.79 Å². The lowest BCUT2D eigenvalue weighted by molar-refractivity contribution is -0.125. The molecule has 0 radical (unpaired) electrons. The molecule has 26 heavy (non-hydrogen) atoms. The van der Waals surface area contributed by atoms with E-state index in [1.54, 1.807) is 24.3 Å². The second-order valence-electron chi connectivity index (χ2n) is 6.42. The van der Waals surface area contributed by atoms with Crippen molar-refractivity contribution in [1.29, 1.82) is 0 Å². The average molecular weight is 375 g/mol. The van der Waals surface area contributed by atoms with Crippen LogP contribution in [0.4, 0.5) is 0 Å². The number of sulfonamides is 1. The molecule has 0 aliphatic rings. The summed E-state index contributed by atoms with van der Waals surface area (Å²) in [6, 6.07) is 15.7. The largest absolute Gasteiger partial charge is 0.348 e. The quantitative estimate of drug-likeness (QED) is 0.809. The van der Waals surface area contributed by atoms with E-state index in [9.17, 15) is 13.2 Å². The maximum Gasteiger partial charge on any atom is 0.243 e. The number of hydrogen-bond donors (Lipinski definition) is 1. The molecule has 0 aromatic heterocycles. The van der Waals surface area contributed by atoms with Crippen molar-refractivity contribution in [3.8, 4) is 0 Å². The number of nitrogens with one attached hydrogen (secondary N) is 1. The number of aryl methyl sites for hydroxylation is 1. The number of hydrogen-bond acceptors (Lipinski definition) is 3. The lowest BCUT2D eigenvalue weighted by atomic mass is 9.98. The summed E-state index contributed by atoms with van der Waals surface area (Å²) in [4.78, 5) is 13.1. The van der Waals surface area contributed by atoms with Crippen molar-refractivity contribution in [1.82, 2.24) is 9.62 Å². The zero-order chi connectivity index (χ0) is 19.3. The monoisotopic (exact) mass is 374 g/mol. The lowest BCUT2D eigenvalue weighted by Gasteiger charge is -2.28. The van der Waals surface area contributed by atoms with E-state index in [4.69, 9.17) is 0 Å². The summed E-state index contributed by atoms with van der Waals surface area (Å²) in [6.45, 7) is 4.00. The molecule has 140 valence electrons. The Balaban J connectivity index is 2.36. The fourth-order valence-electron chi connectivity index (χ4n) is 2.98. The van der Waals surface area contributed by atoms with Crippen LogP contribution >= 0.6 is 0 Å². The standard InChI is InChI=1S/C20H26N2O3S/c1-5-18(17-14-10-9-11-15(17)2)21-20(23)19(22(3)26(4,24)25)16-12-7-6-8-13-16/h6-14,18-19H,5H2,1-4H3,(H,21,23)/t18-,19+/m1/s1. The van der Waals surface area contributed by atoms with E-state index in [2.05, 4.69) is 5.32 Å². The number of carbonyl (C=O) groups is 1. The van der Waals surface area contributed by atoms with Crippen molar-refractivity contribution in [3.63, 3.8) is 0 Å². The van der Waals surface area contributed by atoms with Crippen LogP contribution in [-0.2, 0) is 14.8 Å². The van der Waals surface area contributed by atoms with E-state index in [1.807, 2.05) is 44.2 Å². The van der Waals surface area contributed by atoms with Crippen molar-refractivity contribution in [2.75, 3.05) is 13.3 Å². The van der Waals surface area contributed by atoms with Crippen LogP contribution in [0.15, 0.2) is 54.6 Å². The molecule has 2 atom stereocenters. The van der Waals surface area contributed by atoms with Gasteiger partial charge in [-0.1, -0.05) is 61.5 Å². The third-order valence-electron chi connectivity index (χ3n) is 4.54. The molecule has 0 fully saturated rings. The van der Waals surface area contributed by atoms with Crippen LogP contribution in [0, 0.1) is 6.92 Å². The molecule has 0 aliphatic heterocycles. The smallest absolute Gasteiger partial charge is 0.243 e. The second kappa shape index (κ2) is 8.47. The zero-order valence-electron chi connectivity index (χ0n) is 15.6. The average Bonchev–Trinajstić information content (AvgIpc) is 2.60. The fraction of sp³-hybridized carbons (Fsp3) is 0.350. The van der Waals surface area contributed by atoms with Gasteiger partial charge in [-0.15, -0.1) is 0 Å². The Kier molecular flexibility index (Phi) is 6.56. The maximum atomic E-state index is 13.1. The summed E-state index contributed by atoms with van der Waals surface area (Å²) in [5.41, 5.74) is 2.77. The fourth-order valence-corrected chi connectivity index (χ4v) is 3.58. The first kappa shape index (κ1) is 20.1. The summed E-state index contributed by atoms with van der Waals surface area (Å²) < 4.78 is 25.3. The second-order valence-corrected chi connectivity index (χ2v) is 8.46. The minimum atomic E-state index is -3.54. The molecule has 0 bridgehead atoms. The molecule has 2 aromatic rings. The summed E-state index contributed by atoms with van der Waals surface area (Å²) >= 11 is 0. The van der Waals surface area contributed by atoms with Crippen LogP contribution in [-0.4, -0.2) is 31.9 Å². The van der Waals surface area contributed by atoms with Crippen LogP contribution < -0.4 is 5.32 Å². The Hall–Kier alpha value is -2.18. The molecule has 0 spiro atoms. The molecule has 0 unspecified atom stereocenters. The number of rotatable bonds is 7. The van der Waals surface area contributed by atoms with Gasteiger partial charge < -0.3 is 5.32 Å². The summed E-state index contributed by atoms with van der Waals surface area (Å²) in [5, 5.41) is 3.03. The van der Waals surface area contributed by atoms with E-state index >= 15 is 0 Å². The maximum absolute atomic E-state index is 13.1. The van der Waals surface area contributed by atoms with E-state index in [0.717, 1.165) is 21.7 Å². The van der Waals surface area contributed by atoms with Gasteiger partial charge in [-0.25, -0.2) is 8.42 Å². The Morgan fingerprint density at radius 3 is 2.19 bits per heavy atom. The highest BCUT2D eigenvalue weighted by Gasteiger charge is 2.32. The first-order valence-corrected chi connectivity index (χ1v) is 10.4. The van der Waals surface area contributed by atoms with Gasteiger partial charge in [0.2, 0.25) is 15.9 Å². The van der Waals surface area contributed by atoms with Gasteiger partial charge in [-0.05, 0) is 30.0 Å². The third kappa shape index (κ3) is 4.71. The minimum absolute atomic E-state index is 0.178. The van der Waals surface area contributed by atoms with Crippen molar-refractivity contribution < 1.29 is 13.2 Å². The van der Waals surface area contributed by atoms with E-state index in [-0.39, 0.29) is 11.9 Å². The Labute approximate surface area is 156 Å². The number of amides is 1. The summed E-state index contributed by atoms with van der Waals surface area (Å²) in [5.74, 6) is -0.334. The molecular formula is C20H26N2O3S. The van der Waals surface area contributed by atoms with Crippen LogP contribution in [0.2, 0.25) is 0 Å². The topological polar surface area (TPSA) is 66.5 Å². The van der Waals surface area contributed by atoms with Gasteiger partial charge in [0.15, 0.2) is 0 Å². The number of carbonyl (C=O) groups excluding carboxylic acids is 1. The molecule has 2 aromatic carbocycles. The highest BCUT2D eigenvalue weighted by atomic mass is 32.2. The van der Waals surface area contributed by atoms with Crippen molar-refractivity contribution in [2.24, 2.45) is 0 Å². The van der Waals surface area contributed by atoms with Crippen LogP contribution in [0.1, 0.15) is 42.1 Å². The highest BCUT2D eigenvalue weighted by molar-refractivity contribution is 7.88. The normalized spacial score (nSPS) is 14.0. The van der Waals surface area contributed by atoms with Crippen molar-refractivity contribution in [3.05, 3.63) is 71.3 Å².